The molecule has 4 aromatic heterocycles. The molecule has 0 unspecified atom stereocenters. The van der Waals surface area contributed by atoms with Crippen molar-refractivity contribution < 1.29 is 14.6 Å². The summed E-state index contributed by atoms with van der Waals surface area (Å²) in [4.78, 5) is 54.0. The minimum Gasteiger partial charge on any atom is -0.508 e. The largest absolute Gasteiger partial charge is 0.508 e. The molecule has 5 aromatic rings. The Balaban J connectivity index is 1.85. The van der Waals surface area contributed by atoms with Crippen LogP contribution in [-0.4, -0.2) is 45.5 Å². The second kappa shape index (κ2) is 10.0. The highest BCUT2D eigenvalue weighted by Crippen LogP contribution is 2.26. The van der Waals surface area contributed by atoms with Crippen LogP contribution in [0.2, 0.25) is 0 Å². The maximum absolute atomic E-state index is 14.0. The van der Waals surface area contributed by atoms with Gasteiger partial charge in [0, 0.05) is 30.4 Å². The number of hydrogen-bond donors (Lipinski definition) is 1. The van der Waals surface area contributed by atoms with Gasteiger partial charge in [0.2, 0.25) is 0 Å². The molecule has 1 aromatic carbocycles. The van der Waals surface area contributed by atoms with Gasteiger partial charge in [-0.2, -0.15) is 0 Å². The van der Waals surface area contributed by atoms with Crippen LogP contribution in [0.1, 0.15) is 31.9 Å². The van der Waals surface area contributed by atoms with Gasteiger partial charge in [-0.1, -0.05) is 0 Å². The first kappa shape index (κ1) is 25.6. The fourth-order valence-electron chi connectivity index (χ4n) is 4.15. The van der Waals surface area contributed by atoms with E-state index in [0.29, 0.717) is 11.1 Å². The zero-order valence-electron chi connectivity index (χ0n) is 21.6. The number of benzene rings is 1. The summed E-state index contributed by atoms with van der Waals surface area (Å²) in [7, 11) is 0. The number of hydrogen-bond acceptors (Lipinski definition) is 8. The molecule has 0 atom stereocenters. The Morgan fingerprint density at radius 1 is 0.846 bits per heavy atom. The number of phenolic OH excluding ortho intramolecular Hbond substituents is 1. The van der Waals surface area contributed by atoms with Crippen molar-refractivity contribution >= 4 is 17.3 Å². The summed E-state index contributed by atoms with van der Waals surface area (Å²) in [6.45, 7) is 5.18. The molecule has 5 rings (SSSR count). The van der Waals surface area contributed by atoms with Gasteiger partial charge < -0.3 is 9.84 Å². The van der Waals surface area contributed by atoms with E-state index in [1.807, 2.05) is 0 Å². The van der Waals surface area contributed by atoms with Crippen molar-refractivity contribution in [1.29, 1.82) is 0 Å². The van der Waals surface area contributed by atoms with Crippen molar-refractivity contribution in [3.63, 3.8) is 0 Å². The SMILES string of the molecule is CC(C)(C)OC(=O)n1c(-c2ccc(O)cc2)nc2c1c(=O)n(Cc1ccncc1)c(=O)n2Cc1ccncc1. The number of carbonyl (C=O) groups excluding carboxylic acids is 1. The molecule has 0 aliphatic rings. The smallest absolute Gasteiger partial charge is 0.421 e. The molecule has 1 N–H and O–H groups in total. The highest BCUT2D eigenvalue weighted by molar-refractivity contribution is 5.90. The quantitative estimate of drug-likeness (QED) is 0.368. The summed E-state index contributed by atoms with van der Waals surface area (Å²) < 4.78 is 9.19. The van der Waals surface area contributed by atoms with Crippen LogP contribution in [0.4, 0.5) is 4.79 Å². The molecule has 0 bridgehead atoms. The van der Waals surface area contributed by atoms with Crippen molar-refractivity contribution in [2.24, 2.45) is 0 Å². The topological polar surface area (TPSA) is 134 Å². The Bertz CT molecular complexity index is 1770. The lowest BCUT2D eigenvalue weighted by Gasteiger charge is -2.20. The first-order chi connectivity index (χ1) is 18.6. The van der Waals surface area contributed by atoms with Gasteiger partial charge in [0.05, 0.1) is 13.1 Å². The van der Waals surface area contributed by atoms with Crippen molar-refractivity contribution in [3.8, 4) is 17.1 Å². The van der Waals surface area contributed by atoms with E-state index in [1.54, 1.807) is 82.0 Å². The third-order valence-corrected chi connectivity index (χ3v) is 5.91. The van der Waals surface area contributed by atoms with Crippen LogP contribution in [0.3, 0.4) is 0 Å². The third-order valence-electron chi connectivity index (χ3n) is 5.91. The van der Waals surface area contributed by atoms with Crippen LogP contribution in [0.25, 0.3) is 22.6 Å². The van der Waals surface area contributed by atoms with Crippen LogP contribution in [0.5, 0.6) is 5.75 Å². The minimum atomic E-state index is -0.874. The molecule has 0 saturated heterocycles. The average molecular weight is 527 g/mol. The first-order valence-corrected chi connectivity index (χ1v) is 12.2. The van der Waals surface area contributed by atoms with E-state index in [9.17, 15) is 19.5 Å². The van der Waals surface area contributed by atoms with Crippen molar-refractivity contribution in [2.45, 2.75) is 39.5 Å². The van der Waals surface area contributed by atoms with E-state index in [-0.39, 0.29) is 35.8 Å². The standard InChI is InChI=1S/C28H26N6O5/c1-28(2,3)39-27(38)34-22-24(31-23(34)20-4-6-21(35)7-5-20)32(16-18-8-12-29-13-9-18)26(37)33(25(22)36)17-19-10-14-30-15-11-19/h4-15,35H,16-17H2,1-3H3. The highest BCUT2D eigenvalue weighted by Gasteiger charge is 2.29. The molecule has 11 nitrogen and oxygen atoms in total. The number of pyridine rings is 2. The molecular weight excluding hydrogens is 500 g/mol. The summed E-state index contributed by atoms with van der Waals surface area (Å²) in [5.74, 6) is 0.119. The van der Waals surface area contributed by atoms with Crippen LogP contribution in [-0.2, 0) is 17.8 Å². The fraction of sp³-hybridized carbons (Fsp3) is 0.214. The van der Waals surface area contributed by atoms with Crippen LogP contribution >= 0.6 is 0 Å². The predicted octanol–water partition coefficient (Wildman–Crippen LogP) is 3.40. The zero-order valence-corrected chi connectivity index (χ0v) is 21.6. The van der Waals surface area contributed by atoms with E-state index in [2.05, 4.69) is 15.0 Å². The lowest BCUT2D eigenvalue weighted by atomic mass is 10.2. The Hall–Kier alpha value is -5.06. The molecule has 0 amide bonds. The second-order valence-corrected chi connectivity index (χ2v) is 9.94. The molecule has 0 radical (unpaired) electrons. The van der Waals surface area contributed by atoms with Gasteiger partial charge in [-0.05, 0) is 80.4 Å². The molecule has 0 aliphatic carbocycles. The Morgan fingerprint density at radius 3 is 1.92 bits per heavy atom. The average Bonchev–Trinajstić information content (AvgIpc) is 3.31. The van der Waals surface area contributed by atoms with E-state index in [1.165, 1.54) is 16.7 Å². The Labute approximate surface area is 222 Å². The molecular formula is C28H26N6O5. The van der Waals surface area contributed by atoms with Gasteiger partial charge in [-0.3, -0.25) is 23.9 Å². The van der Waals surface area contributed by atoms with Crippen LogP contribution in [0, 0.1) is 0 Å². The summed E-state index contributed by atoms with van der Waals surface area (Å²) in [6, 6.07) is 12.9. The predicted molar refractivity (Wildman–Crippen MR) is 144 cm³/mol. The van der Waals surface area contributed by atoms with Gasteiger partial charge in [-0.15, -0.1) is 0 Å². The number of nitrogens with zero attached hydrogens (tertiary/aromatic N) is 6. The first-order valence-electron chi connectivity index (χ1n) is 12.2. The third kappa shape index (κ3) is 5.19. The lowest BCUT2D eigenvalue weighted by molar-refractivity contribution is 0.0546. The normalized spacial score (nSPS) is 11.6. The minimum absolute atomic E-state index is 0.0213. The molecule has 0 fully saturated rings. The number of phenols is 1. The number of rotatable bonds is 5. The number of ether oxygens (including phenoxy) is 1. The molecule has 0 aliphatic heterocycles. The zero-order chi connectivity index (χ0) is 27.7. The van der Waals surface area contributed by atoms with E-state index >= 15 is 0 Å². The van der Waals surface area contributed by atoms with Gasteiger partial charge in [-0.25, -0.2) is 19.1 Å². The molecule has 11 heteroatoms. The van der Waals surface area contributed by atoms with Gasteiger partial charge in [0.15, 0.2) is 17.0 Å². The number of imidazole rings is 1. The molecule has 198 valence electrons. The van der Waals surface area contributed by atoms with Crippen LogP contribution < -0.4 is 11.2 Å². The number of aromatic hydroxyl groups is 1. The maximum Gasteiger partial charge on any atom is 0.421 e. The number of aromatic nitrogens is 6. The number of fused-ring (bicyclic) bond motifs is 1. The summed E-state index contributed by atoms with van der Waals surface area (Å²) in [5, 5.41) is 9.81. The molecule has 39 heavy (non-hydrogen) atoms. The number of carbonyl (C=O) groups is 1. The van der Waals surface area contributed by atoms with E-state index in [4.69, 9.17) is 4.74 Å². The Morgan fingerprint density at radius 2 is 1.38 bits per heavy atom. The van der Waals surface area contributed by atoms with Gasteiger partial charge in [0.1, 0.15) is 11.4 Å². The maximum atomic E-state index is 14.0. The van der Waals surface area contributed by atoms with E-state index in [0.717, 1.165) is 14.7 Å². The monoisotopic (exact) mass is 526 g/mol. The molecule has 4 heterocycles. The van der Waals surface area contributed by atoms with Crippen molar-refractivity contribution in [3.05, 3.63) is 105 Å². The lowest BCUT2D eigenvalue weighted by Crippen LogP contribution is -2.41. The highest BCUT2D eigenvalue weighted by atomic mass is 16.6. The van der Waals surface area contributed by atoms with Crippen molar-refractivity contribution in [1.82, 2.24) is 28.7 Å². The fourth-order valence-corrected chi connectivity index (χ4v) is 4.15. The summed E-state index contributed by atoms with van der Waals surface area (Å²) in [5.41, 5.74) is -0.355. The van der Waals surface area contributed by atoms with Gasteiger partial charge in [0.25, 0.3) is 5.56 Å². The Kier molecular flexibility index (Phi) is 6.57. The second-order valence-electron chi connectivity index (χ2n) is 9.94. The molecule has 0 saturated carbocycles. The van der Waals surface area contributed by atoms with Crippen LogP contribution in [0.15, 0.2) is 82.9 Å². The summed E-state index contributed by atoms with van der Waals surface area (Å²) >= 11 is 0. The van der Waals surface area contributed by atoms with Crippen molar-refractivity contribution in [2.75, 3.05) is 0 Å². The summed E-state index contributed by atoms with van der Waals surface area (Å²) in [6.07, 6.45) is 5.52. The van der Waals surface area contributed by atoms with Gasteiger partial charge >= 0.3 is 11.8 Å². The van der Waals surface area contributed by atoms with E-state index < -0.39 is 22.9 Å². The molecule has 0 spiro atoms.